The monoisotopic (exact) mass is 255 g/mol. The molecule has 96 valence electrons. The van der Waals surface area contributed by atoms with Crippen molar-refractivity contribution in [2.24, 2.45) is 5.73 Å². The average molecular weight is 255 g/mol. The zero-order valence-corrected chi connectivity index (χ0v) is 11.8. The maximum atomic E-state index is 11.1. The molecule has 5 heteroatoms. The van der Waals surface area contributed by atoms with Gasteiger partial charge in [-0.05, 0) is 27.2 Å². The second-order valence-corrected chi connectivity index (χ2v) is 5.54. The van der Waals surface area contributed by atoms with Gasteiger partial charge in [0, 0.05) is 12.2 Å². The molecular formula is C12H21N3OS. The number of nitrogens with two attached hydrogens (primary N) is 1. The normalized spacial score (nSPS) is 12.7. The van der Waals surface area contributed by atoms with Gasteiger partial charge in [0.05, 0.1) is 10.9 Å². The molecule has 1 amide bonds. The van der Waals surface area contributed by atoms with Crippen molar-refractivity contribution in [1.82, 2.24) is 9.55 Å². The molecule has 0 saturated carbocycles. The number of thioether (sulfide) groups is 1. The van der Waals surface area contributed by atoms with E-state index in [4.69, 9.17) is 5.73 Å². The highest BCUT2D eigenvalue weighted by molar-refractivity contribution is 8.00. The van der Waals surface area contributed by atoms with Gasteiger partial charge in [0.1, 0.15) is 0 Å². The molecule has 0 bridgehead atoms. The molecule has 1 atom stereocenters. The van der Waals surface area contributed by atoms with Gasteiger partial charge in [-0.3, -0.25) is 4.79 Å². The van der Waals surface area contributed by atoms with E-state index in [0.717, 1.165) is 30.2 Å². The molecule has 17 heavy (non-hydrogen) atoms. The summed E-state index contributed by atoms with van der Waals surface area (Å²) in [7, 11) is 0. The molecule has 0 aromatic carbocycles. The third-order valence-corrected chi connectivity index (χ3v) is 3.95. The van der Waals surface area contributed by atoms with Gasteiger partial charge >= 0.3 is 0 Å². The second-order valence-electron chi connectivity index (χ2n) is 4.23. The first-order valence-electron chi connectivity index (χ1n) is 5.97. The van der Waals surface area contributed by atoms with Crippen LogP contribution in [0.2, 0.25) is 0 Å². The summed E-state index contributed by atoms with van der Waals surface area (Å²) < 4.78 is 2.18. The molecule has 0 radical (unpaired) electrons. The molecule has 0 aliphatic heterocycles. The summed E-state index contributed by atoms with van der Waals surface area (Å²) in [4.78, 5) is 15.6. The smallest absolute Gasteiger partial charge is 0.230 e. The summed E-state index contributed by atoms with van der Waals surface area (Å²) in [5.41, 5.74) is 7.49. The van der Waals surface area contributed by atoms with Crippen molar-refractivity contribution in [3.05, 3.63) is 11.4 Å². The molecule has 4 nitrogen and oxygen atoms in total. The van der Waals surface area contributed by atoms with Crippen molar-refractivity contribution >= 4 is 17.7 Å². The van der Waals surface area contributed by atoms with E-state index in [1.165, 1.54) is 17.5 Å². The van der Waals surface area contributed by atoms with Crippen molar-refractivity contribution in [1.29, 1.82) is 0 Å². The number of hydrogen-bond donors (Lipinski definition) is 1. The standard InChI is InChI=1S/C12H21N3OS/c1-5-6-7-15-9(3)8(2)14-12(15)17-10(4)11(13)16/h10H,5-7H2,1-4H3,(H2,13,16). The van der Waals surface area contributed by atoms with E-state index in [-0.39, 0.29) is 11.2 Å². The van der Waals surface area contributed by atoms with Crippen LogP contribution in [0, 0.1) is 13.8 Å². The Morgan fingerprint density at radius 3 is 2.71 bits per heavy atom. The number of amides is 1. The van der Waals surface area contributed by atoms with Crippen molar-refractivity contribution in [2.45, 2.75) is 57.5 Å². The van der Waals surface area contributed by atoms with Crippen LogP contribution in [0.1, 0.15) is 38.1 Å². The minimum Gasteiger partial charge on any atom is -0.369 e. The number of carbonyl (C=O) groups excluding carboxylic acids is 1. The number of primary amides is 1. The predicted octanol–water partition coefficient (Wildman–Crippen LogP) is 2.27. The SMILES string of the molecule is CCCCn1c(SC(C)C(N)=O)nc(C)c1C. The van der Waals surface area contributed by atoms with Crippen LogP contribution in [0.5, 0.6) is 0 Å². The molecule has 0 aliphatic carbocycles. The van der Waals surface area contributed by atoms with Crippen molar-refractivity contribution in [3.8, 4) is 0 Å². The molecular weight excluding hydrogens is 234 g/mol. The quantitative estimate of drug-likeness (QED) is 0.793. The Labute approximate surface area is 107 Å². The lowest BCUT2D eigenvalue weighted by Crippen LogP contribution is -2.23. The number of carbonyl (C=O) groups is 1. The zero-order chi connectivity index (χ0) is 13.0. The van der Waals surface area contributed by atoms with E-state index >= 15 is 0 Å². The number of aryl methyl sites for hydroxylation is 1. The molecule has 1 aromatic heterocycles. The third kappa shape index (κ3) is 3.49. The Kier molecular flexibility index (Phi) is 5.05. The summed E-state index contributed by atoms with van der Waals surface area (Å²) >= 11 is 1.44. The Balaban J connectivity index is 2.90. The van der Waals surface area contributed by atoms with Crippen molar-refractivity contribution in [3.63, 3.8) is 0 Å². The summed E-state index contributed by atoms with van der Waals surface area (Å²) in [5, 5.41) is 0.663. The number of imidazole rings is 1. The lowest BCUT2D eigenvalue weighted by Gasteiger charge is -2.11. The van der Waals surface area contributed by atoms with Crippen LogP contribution in [0.3, 0.4) is 0 Å². The van der Waals surface area contributed by atoms with E-state index in [9.17, 15) is 4.79 Å². The van der Waals surface area contributed by atoms with Gasteiger partial charge in [-0.15, -0.1) is 0 Å². The highest BCUT2D eigenvalue weighted by Gasteiger charge is 2.17. The van der Waals surface area contributed by atoms with E-state index in [2.05, 4.69) is 23.4 Å². The van der Waals surface area contributed by atoms with E-state index in [1.807, 2.05) is 13.8 Å². The van der Waals surface area contributed by atoms with E-state index in [0.29, 0.717) is 0 Å². The number of unbranched alkanes of at least 4 members (excludes halogenated alkanes) is 1. The number of aromatic nitrogens is 2. The van der Waals surface area contributed by atoms with Crippen molar-refractivity contribution < 1.29 is 4.79 Å². The predicted molar refractivity (Wildman–Crippen MR) is 71.1 cm³/mol. The lowest BCUT2D eigenvalue weighted by molar-refractivity contribution is -0.117. The second kappa shape index (κ2) is 6.10. The van der Waals surface area contributed by atoms with Crippen LogP contribution in [-0.2, 0) is 11.3 Å². The maximum absolute atomic E-state index is 11.1. The van der Waals surface area contributed by atoms with Crippen LogP contribution in [-0.4, -0.2) is 20.7 Å². The van der Waals surface area contributed by atoms with Crippen LogP contribution in [0.15, 0.2) is 5.16 Å². The van der Waals surface area contributed by atoms with Gasteiger partial charge < -0.3 is 10.3 Å². The van der Waals surface area contributed by atoms with Gasteiger partial charge in [-0.25, -0.2) is 4.98 Å². The van der Waals surface area contributed by atoms with E-state index < -0.39 is 0 Å². The highest BCUT2D eigenvalue weighted by atomic mass is 32.2. The Morgan fingerprint density at radius 1 is 1.53 bits per heavy atom. The molecule has 2 N–H and O–H groups in total. The van der Waals surface area contributed by atoms with Gasteiger partial charge in [0.2, 0.25) is 5.91 Å². The lowest BCUT2D eigenvalue weighted by atomic mass is 10.3. The largest absolute Gasteiger partial charge is 0.369 e. The molecule has 0 spiro atoms. The highest BCUT2D eigenvalue weighted by Crippen LogP contribution is 2.25. The van der Waals surface area contributed by atoms with Crippen LogP contribution in [0.4, 0.5) is 0 Å². The fraction of sp³-hybridized carbons (Fsp3) is 0.667. The fourth-order valence-electron chi connectivity index (χ4n) is 1.51. The first-order chi connectivity index (χ1) is 7.97. The summed E-state index contributed by atoms with van der Waals surface area (Å²) in [6, 6.07) is 0. The average Bonchev–Trinajstić information content (AvgIpc) is 2.52. The van der Waals surface area contributed by atoms with E-state index in [1.54, 1.807) is 0 Å². The topological polar surface area (TPSA) is 60.9 Å². The van der Waals surface area contributed by atoms with Crippen LogP contribution >= 0.6 is 11.8 Å². The third-order valence-electron chi connectivity index (χ3n) is 2.84. The van der Waals surface area contributed by atoms with Gasteiger partial charge in [0.25, 0.3) is 0 Å². The molecule has 1 heterocycles. The molecule has 1 aromatic rings. The summed E-state index contributed by atoms with van der Waals surface area (Å²) in [5.74, 6) is -0.296. The molecule has 0 fully saturated rings. The Hall–Kier alpha value is -0.970. The number of rotatable bonds is 6. The fourth-order valence-corrected chi connectivity index (χ4v) is 2.49. The molecule has 1 rings (SSSR count). The van der Waals surface area contributed by atoms with Crippen LogP contribution in [0.25, 0.3) is 0 Å². The molecule has 1 unspecified atom stereocenters. The maximum Gasteiger partial charge on any atom is 0.230 e. The summed E-state index contributed by atoms with van der Waals surface area (Å²) in [6.07, 6.45) is 2.27. The van der Waals surface area contributed by atoms with Gasteiger partial charge in [-0.2, -0.15) is 0 Å². The molecule has 0 aliphatic rings. The van der Waals surface area contributed by atoms with Crippen molar-refractivity contribution in [2.75, 3.05) is 0 Å². The Bertz CT molecular complexity index is 401. The zero-order valence-electron chi connectivity index (χ0n) is 11.0. The number of nitrogens with zero attached hydrogens (tertiary/aromatic N) is 2. The number of hydrogen-bond acceptors (Lipinski definition) is 3. The molecule has 0 saturated heterocycles. The minimum absolute atomic E-state index is 0.239. The first kappa shape index (κ1) is 14.1. The first-order valence-corrected chi connectivity index (χ1v) is 6.85. The Morgan fingerprint density at radius 2 is 2.18 bits per heavy atom. The van der Waals surface area contributed by atoms with Crippen LogP contribution < -0.4 is 5.73 Å². The summed E-state index contributed by atoms with van der Waals surface area (Å²) in [6.45, 7) is 9.00. The minimum atomic E-state index is -0.296. The van der Waals surface area contributed by atoms with Gasteiger partial charge in [0.15, 0.2) is 5.16 Å². The van der Waals surface area contributed by atoms with Gasteiger partial charge in [-0.1, -0.05) is 25.1 Å².